The lowest BCUT2D eigenvalue weighted by molar-refractivity contribution is -0.115. The maximum Gasteiger partial charge on any atom is 0.179 e. The van der Waals surface area contributed by atoms with Gasteiger partial charge in [-0.25, -0.2) is 0 Å². The third kappa shape index (κ3) is 6.30. The number of methoxy groups -OCH3 is 2. The van der Waals surface area contributed by atoms with Crippen molar-refractivity contribution in [2.24, 2.45) is 0 Å². The number of nitrogens with zero attached hydrogens (tertiary/aromatic N) is 1. The molecule has 8 heteroatoms. The molecule has 0 spiro atoms. The van der Waals surface area contributed by atoms with Crippen molar-refractivity contribution in [1.29, 1.82) is 5.26 Å². The van der Waals surface area contributed by atoms with Crippen LogP contribution < -0.4 is 20.1 Å². The minimum atomic E-state index is -0.674. The second-order valence-corrected chi connectivity index (χ2v) is 7.58. The Labute approximate surface area is 193 Å². The maximum absolute atomic E-state index is 11.0. The van der Waals surface area contributed by atoms with E-state index in [0.29, 0.717) is 23.2 Å². The zero-order valence-electron chi connectivity index (χ0n) is 18.5. The number of nitrogens with one attached hydrogen (secondary N) is 2. The average molecular weight is 454 g/mol. The molecule has 0 saturated carbocycles. The molecule has 0 aromatic heterocycles. The number of hydrogen-bond acceptors (Lipinski definition) is 8. The first-order valence-corrected chi connectivity index (χ1v) is 10.7. The van der Waals surface area contributed by atoms with E-state index in [-0.39, 0.29) is 5.50 Å². The number of nitriles is 1. The van der Waals surface area contributed by atoms with E-state index in [0.717, 1.165) is 17.2 Å². The molecule has 0 aliphatic carbocycles. The van der Waals surface area contributed by atoms with Crippen LogP contribution in [0.4, 0.5) is 5.69 Å². The van der Waals surface area contributed by atoms with Crippen LogP contribution >= 0.6 is 11.8 Å². The molecule has 0 bridgehead atoms. The number of carbonyl (C=O) groups excluding carboxylic acids is 1. The van der Waals surface area contributed by atoms with E-state index in [9.17, 15) is 4.79 Å². The van der Waals surface area contributed by atoms with Crippen LogP contribution in [0.3, 0.4) is 0 Å². The lowest BCUT2D eigenvalue weighted by atomic mass is 10.1. The minimum Gasteiger partial charge on any atom is -0.493 e. The molecule has 168 valence electrons. The van der Waals surface area contributed by atoms with E-state index in [2.05, 4.69) is 17.2 Å². The molecular formula is C24H27N3O4S. The van der Waals surface area contributed by atoms with Gasteiger partial charge in [0, 0.05) is 11.0 Å². The summed E-state index contributed by atoms with van der Waals surface area (Å²) in [7, 11) is 5.21. The number of ether oxygens (including phenoxy) is 3. The summed E-state index contributed by atoms with van der Waals surface area (Å²) >= 11 is 1.73. The normalized spacial score (nSPS) is 15.1. The van der Waals surface area contributed by atoms with Gasteiger partial charge in [0.1, 0.15) is 11.3 Å². The zero-order chi connectivity index (χ0) is 23.5. The van der Waals surface area contributed by atoms with Gasteiger partial charge >= 0.3 is 0 Å². The molecule has 2 aromatic carbocycles. The van der Waals surface area contributed by atoms with Crippen molar-refractivity contribution in [2.45, 2.75) is 23.4 Å². The summed E-state index contributed by atoms with van der Waals surface area (Å²) in [5.41, 5.74) is 2.56. The van der Waals surface area contributed by atoms with Crippen LogP contribution in [0.2, 0.25) is 0 Å². The SMILES string of the molecule is C=C/C(=C\C)OC(C=O)c1ccc(C#N)cc1.CNC1Nc2cc(OC)c(OC)cc2S1. The highest BCUT2D eigenvalue weighted by Crippen LogP contribution is 2.43. The van der Waals surface area contributed by atoms with E-state index in [1.807, 2.05) is 25.2 Å². The molecule has 1 aliphatic heterocycles. The third-order valence-electron chi connectivity index (χ3n) is 4.52. The number of thioether (sulfide) groups is 1. The second kappa shape index (κ2) is 12.4. The summed E-state index contributed by atoms with van der Waals surface area (Å²) in [6, 6.07) is 12.7. The molecule has 1 aliphatic rings. The summed E-state index contributed by atoms with van der Waals surface area (Å²) < 4.78 is 15.9. The fourth-order valence-electron chi connectivity index (χ4n) is 2.80. The Morgan fingerprint density at radius 3 is 2.41 bits per heavy atom. The Morgan fingerprint density at radius 2 is 1.91 bits per heavy atom. The van der Waals surface area contributed by atoms with Crippen molar-refractivity contribution in [3.05, 3.63) is 72.0 Å². The van der Waals surface area contributed by atoms with Crippen molar-refractivity contribution in [1.82, 2.24) is 5.32 Å². The van der Waals surface area contributed by atoms with Gasteiger partial charge < -0.3 is 19.5 Å². The standard InChI is InChI=1S/C14H13NO2.C10H14N2O2S/c1-3-13(4-2)17-14(10-16)12-7-5-11(9-15)6-8-12;1-11-10-12-6-4-7(13-2)8(14-3)5-9(6)15-10/h3-8,10,14H,1H2,2H3;4-5,10-12H,1-3H3/b13-4+;. The highest BCUT2D eigenvalue weighted by molar-refractivity contribution is 8.00. The maximum atomic E-state index is 11.0. The van der Waals surface area contributed by atoms with Crippen molar-refractivity contribution in [3.63, 3.8) is 0 Å². The molecule has 2 atom stereocenters. The average Bonchev–Trinajstić information content (AvgIpc) is 3.26. The molecule has 32 heavy (non-hydrogen) atoms. The van der Waals surface area contributed by atoms with Crippen molar-refractivity contribution >= 4 is 23.7 Å². The predicted molar refractivity (Wildman–Crippen MR) is 127 cm³/mol. The molecule has 0 amide bonds. The zero-order valence-corrected chi connectivity index (χ0v) is 19.4. The predicted octanol–water partition coefficient (Wildman–Crippen LogP) is 4.63. The van der Waals surface area contributed by atoms with Gasteiger partial charge in [-0.3, -0.25) is 10.1 Å². The van der Waals surface area contributed by atoms with E-state index in [1.165, 1.54) is 4.90 Å². The number of benzene rings is 2. The molecule has 3 rings (SSSR count). The highest BCUT2D eigenvalue weighted by Gasteiger charge is 2.22. The number of anilines is 1. The van der Waals surface area contributed by atoms with Gasteiger partial charge in [0.25, 0.3) is 0 Å². The number of carbonyl (C=O) groups is 1. The molecule has 2 aromatic rings. The first kappa shape index (κ1) is 24.9. The Hall–Kier alpha value is -3.41. The van der Waals surface area contributed by atoms with E-state index < -0.39 is 6.10 Å². The summed E-state index contributed by atoms with van der Waals surface area (Å²) in [6.45, 7) is 5.39. The Bertz CT molecular complexity index is 967. The fraction of sp³-hybridized carbons (Fsp3) is 0.250. The van der Waals surface area contributed by atoms with Crippen LogP contribution in [-0.2, 0) is 9.53 Å². The lowest BCUT2D eigenvalue weighted by Gasteiger charge is -2.14. The first-order valence-electron chi connectivity index (χ1n) is 9.80. The molecule has 0 saturated heterocycles. The van der Waals surface area contributed by atoms with Crippen molar-refractivity contribution < 1.29 is 19.0 Å². The molecule has 2 N–H and O–H groups in total. The molecule has 0 radical (unpaired) electrons. The monoisotopic (exact) mass is 453 g/mol. The van der Waals surface area contributed by atoms with Crippen LogP contribution in [0.15, 0.2) is 65.8 Å². The number of allylic oxidation sites excluding steroid dienone is 2. The Balaban J connectivity index is 0.000000228. The minimum absolute atomic E-state index is 0.219. The summed E-state index contributed by atoms with van der Waals surface area (Å²) in [6.07, 6.45) is 3.31. The number of fused-ring (bicyclic) bond motifs is 1. The van der Waals surface area contributed by atoms with Gasteiger partial charge in [-0.05, 0) is 49.9 Å². The van der Waals surface area contributed by atoms with E-state index in [4.69, 9.17) is 19.5 Å². The van der Waals surface area contributed by atoms with Crippen LogP contribution in [0, 0.1) is 11.3 Å². The Morgan fingerprint density at radius 1 is 1.25 bits per heavy atom. The van der Waals surface area contributed by atoms with Crippen molar-refractivity contribution in [3.8, 4) is 17.6 Å². The van der Waals surface area contributed by atoms with Crippen molar-refractivity contribution in [2.75, 3.05) is 26.6 Å². The summed E-state index contributed by atoms with van der Waals surface area (Å²) in [5, 5.41) is 15.2. The van der Waals surface area contributed by atoms with Crippen LogP contribution in [0.1, 0.15) is 24.2 Å². The number of hydrogen-bond donors (Lipinski definition) is 2. The van der Waals surface area contributed by atoms with E-state index >= 15 is 0 Å². The van der Waals surface area contributed by atoms with Crippen LogP contribution in [0.5, 0.6) is 11.5 Å². The fourth-order valence-corrected chi connectivity index (χ4v) is 3.78. The molecule has 1 heterocycles. The Kier molecular flexibility index (Phi) is 9.67. The third-order valence-corrected chi connectivity index (χ3v) is 5.70. The molecular weight excluding hydrogens is 426 g/mol. The van der Waals surface area contributed by atoms with Gasteiger partial charge in [0.15, 0.2) is 23.9 Å². The second-order valence-electron chi connectivity index (χ2n) is 6.44. The molecule has 7 nitrogen and oxygen atoms in total. The van der Waals surface area contributed by atoms with Crippen LogP contribution in [-0.4, -0.2) is 33.1 Å². The summed E-state index contributed by atoms with van der Waals surface area (Å²) in [4.78, 5) is 12.1. The molecule has 2 unspecified atom stereocenters. The van der Waals surface area contributed by atoms with Gasteiger partial charge in [-0.15, -0.1) is 0 Å². The number of rotatable bonds is 8. The highest BCUT2D eigenvalue weighted by atomic mass is 32.2. The lowest BCUT2D eigenvalue weighted by Crippen LogP contribution is -2.26. The topological polar surface area (TPSA) is 92.6 Å². The largest absolute Gasteiger partial charge is 0.493 e. The molecule has 0 fully saturated rings. The van der Waals surface area contributed by atoms with E-state index in [1.54, 1.807) is 69.3 Å². The smallest absolute Gasteiger partial charge is 0.179 e. The van der Waals surface area contributed by atoms with Gasteiger partial charge in [0.05, 0.1) is 31.5 Å². The quantitative estimate of drug-likeness (QED) is 0.340. The van der Waals surface area contributed by atoms with Gasteiger partial charge in [-0.2, -0.15) is 5.26 Å². The summed E-state index contributed by atoms with van der Waals surface area (Å²) in [5.74, 6) is 2.06. The van der Waals surface area contributed by atoms with Gasteiger partial charge in [0.2, 0.25) is 0 Å². The first-order chi connectivity index (χ1) is 15.5. The number of aldehydes is 1. The van der Waals surface area contributed by atoms with Gasteiger partial charge in [-0.1, -0.05) is 30.5 Å². The van der Waals surface area contributed by atoms with Crippen LogP contribution in [0.25, 0.3) is 0 Å².